The highest BCUT2D eigenvalue weighted by molar-refractivity contribution is 5.97. The average molecular weight is 342 g/mol. The number of nitrogens with one attached hydrogen (secondary N) is 1. The smallest absolute Gasteiger partial charge is 0.266 e. The molecule has 0 aromatic heterocycles. The van der Waals surface area contributed by atoms with Gasteiger partial charge in [-0.2, -0.15) is 5.26 Å². The fraction of sp³-hybridized carbons (Fsp3) is 0.474. The second kappa shape index (κ2) is 9.09. The molecule has 1 aromatic carbocycles. The molecule has 1 fully saturated rings. The van der Waals surface area contributed by atoms with E-state index in [9.17, 15) is 10.1 Å². The Morgan fingerprint density at radius 3 is 2.60 bits per heavy atom. The van der Waals surface area contributed by atoms with Crippen LogP contribution in [0.25, 0.3) is 0 Å². The van der Waals surface area contributed by atoms with E-state index in [-0.39, 0.29) is 11.5 Å². The van der Waals surface area contributed by atoms with Gasteiger partial charge in [-0.3, -0.25) is 4.79 Å². The van der Waals surface area contributed by atoms with E-state index in [1.54, 1.807) is 4.90 Å². The van der Waals surface area contributed by atoms with Crippen LogP contribution in [0.5, 0.6) is 0 Å². The average Bonchev–Trinajstić information content (AvgIpc) is 2.65. The van der Waals surface area contributed by atoms with Gasteiger partial charge in [0.25, 0.3) is 5.91 Å². The van der Waals surface area contributed by atoms with Gasteiger partial charge in [0.15, 0.2) is 0 Å². The number of hydrogen-bond acceptors (Lipinski definition) is 5. The van der Waals surface area contributed by atoms with E-state index in [2.05, 4.69) is 30.1 Å². The molecule has 1 aromatic rings. The lowest BCUT2D eigenvalue weighted by molar-refractivity contribution is -0.130. The van der Waals surface area contributed by atoms with Gasteiger partial charge in [0.1, 0.15) is 11.6 Å². The molecular formula is C19H26N4O2. The number of benzene rings is 1. The highest BCUT2D eigenvalue weighted by Gasteiger charge is 2.20. The van der Waals surface area contributed by atoms with Crippen LogP contribution < -0.4 is 10.2 Å². The number of morpholine rings is 1. The molecular weight excluding hydrogens is 316 g/mol. The quantitative estimate of drug-likeness (QED) is 0.635. The Balaban J connectivity index is 2.10. The van der Waals surface area contributed by atoms with Gasteiger partial charge in [-0.05, 0) is 44.5 Å². The van der Waals surface area contributed by atoms with Gasteiger partial charge >= 0.3 is 0 Å². The number of ether oxygens (including phenoxy) is 1. The zero-order valence-corrected chi connectivity index (χ0v) is 15.2. The number of nitriles is 1. The molecule has 0 aliphatic carbocycles. The monoisotopic (exact) mass is 342 g/mol. The number of hydrogen-bond donors (Lipinski definition) is 1. The minimum atomic E-state index is -0.254. The molecule has 6 nitrogen and oxygen atoms in total. The molecule has 1 saturated heterocycles. The maximum absolute atomic E-state index is 12.4. The summed E-state index contributed by atoms with van der Waals surface area (Å²) in [6.45, 7) is 10.3. The lowest BCUT2D eigenvalue weighted by atomic mass is 10.1. The molecule has 0 atom stereocenters. The summed E-state index contributed by atoms with van der Waals surface area (Å²) in [6, 6.07) is 8.13. The van der Waals surface area contributed by atoms with Gasteiger partial charge in [-0.15, -0.1) is 0 Å². The predicted octanol–water partition coefficient (Wildman–Crippen LogP) is 2.52. The van der Waals surface area contributed by atoms with Gasteiger partial charge in [-0.1, -0.05) is 0 Å². The van der Waals surface area contributed by atoms with E-state index in [4.69, 9.17) is 4.74 Å². The minimum Gasteiger partial charge on any atom is -0.378 e. The first-order valence-corrected chi connectivity index (χ1v) is 8.70. The fourth-order valence-electron chi connectivity index (χ4n) is 2.82. The molecule has 2 rings (SSSR count). The second-order valence-electron chi connectivity index (χ2n) is 5.89. The molecule has 25 heavy (non-hydrogen) atoms. The maximum atomic E-state index is 12.4. The van der Waals surface area contributed by atoms with Crippen molar-refractivity contribution in [3.8, 4) is 6.07 Å². The summed E-state index contributed by atoms with van der Waals surface area (Å²) in [7, 11) is 0. The molecule has 1 heterocycles. The van der Waals surface area contributed by atoms with E-state index in [1.807, 2.05) is 25.1 Å². The Labute approximate surface area is 149 Å². The van der Waals surface area contributed by atoms with Gasteiger partial charge in [0.2, 0.25) is 0 Å². The van der Waals surface area contributed by atoms with Crippen molar-refractivity contribution >= 4 is 17.3 Å². The van der Waals surface area contributed by atoms with Crippen molar-refractivity contribution in [1.82, 2.24) is 4.90 Å². The first-order valence-electron chi connectivity index (χ1n) is 8.70. The van der Waals surface area contributed by atoms with Gasteiger partial charge in [-0.25, -0.2) is 0 Å². The van der Waals surface area contributed by atoms with Crippen LogP contribution in [0.1, 0.15) is 19.4 Å². The van der Waals surface area contributed by atoms with Crippen LogP contribution in [0.4, 0.5) is 11.4 Å². The van der Waals surface area contributed by atoms with Gasteiger partial charge in [0, 0.05) is 43.8 Å². The van der Waals surface area contributed by atoms with Crippen LogP contribution in [0.15, 0.2) is 30.0 Å². The topological polar surface area (TPSA) is 68.6 Å². The summed E-state index contributed by atoms with van der Waals surface area (Å²) < 4.78 is 5.24. The number of amides is 1. The summed E-state index contributed by atoms with van der Waals surface area (Å²) in [5.41, 5.74) is 3.23. The van der Waals surface area contributed by atoms with E-state index < -0.39 is 0 Å². The first kappa shape index (κ1) is 18.8. The van der Waals surface area contributed by atoms with Crippen molar-refractivity contribution in [2.45, 2.75) is 20.8 Å². The van der Waals surface area contributed by atoms with Crippen molar-refractivity contribution in [1.29, 1.82) is 5.26 Å². The zero-order valence-electron chi connectivity index (χ0n) is 15.2. The van der Waals surface area contributed by atoms with Crippen molar-refractivity contribution in [2.75, 3.05) is 49.6 Å². The lowest BCUT2D eigenvalue weighted by Gasteiger charge is -2.26. The minimum absolute atomic E-state index is 0.106. The molecule has 0 spiro atoms. The van der Waals surface area contributed by atoms with Crippen molar-refractivity contribution in [3.63, 3.8) is 0 Å². The largest absolute Gasteiger partial charge is 0.378 e. The Morgan fingerprint density at radius 2 is 2.04 bits per heavy atom. The molecule has 0 bridgehead atoms. The van der Waals surface area contributed by atoms with Crippen LogP contribution in [0.3, 0.4) is 0 Å². The maximum Gasteiger partial charge on any atom is 0.266 e. The Bertz CT molecular complexity index is 668. The summed E-state index contributed by atoms with van der Waals surface area (Å²) >= 11 is 0. The van der Waals surface area contributed by atoms with Crippen LogP contribution in [-0.4, -0.2) is 50.2 Å². The molecule has 1 amide bonds. The Hall–Kier alpha value is -2.52. The van der Waals surface area contributed by atoms with Crippen LogP contribution >= 0.6 is 0 Å². The van der Waals surface area contributed by atoms with Crippen molar-refractivity contribution in [2.24, 2.45) is 0 Å². The highest BCUT2D eigenvalue weighted by atomic mass is 16.5. The number of carbonyl (C=O) groups excluding carboxylic acids is 1. The standard InChI is InChI=1S/C19H26N4O2/c1-4-22(5-2)17-6-7-18(15(3)12-17)21-14-16(13-20)19(24)23-8-10-25-11-9-23/h6-7,12,14,21H,4-5,8-11H2,1-3H3/b16-14-. The second-order valence-corrected chi connectivity index (χ2v) is 5.89. The molecule has 0 saturated carbocycles. The third kappa shape index (κ3) is 4.74. The number of rotatable bonds is 6. The molecule has 1 N–H and O–H groups in total. The SMILES string of the molecule is CCN(CC)c1ccc(N/C=C(/C#N)C(=O)N2CCOCC2)c(C)c1. The number of aryl methyl sites for hydroxylation is 1. The van der Waals surface area contributed by atoms with E-state index in [0.717, 1.165) is 24.3 Å². The fourth-order valence-corrected chi connectivity index (χ4v) is 2.82. The number of nitrogens with zero attached hydrogens (tertiary/aromatic N) is 3. The van der Waals surface area contributed by atoms with Crippen molar-refractivity contribution < 1.29 is 9.53 Å². The third-order valence-electron chi connectivity index (χ3n) is 4.36. The first-order chi connectivity index (χ1) is 12.1. The number of anilines is 2. The third-order valence-corrected chi connectivity index (χ3v) is 4.36. The summed E-state index contributed by atoms with van der Waals surface area (Å²) in [6.07, 6.45) is 1.50. The summed E-state index contributed by atoms with van der Waals surface area (Å²) in [4.78, 5) is 16.3. The summed E-state index contributed by atoms with van der Waals surface area (Å²) in [5, 5.41) is 12.4. The molecule has 0 radical (unpaired) electrons. The predicted molar refractivity (Wildman–Crippen MR) is 99.5 cm³/mol. The molecule has 1 aliphatic rings. The highest BCUT2D eigenvalue weighted by Crippen LogP contribution is 2.23. The van der Waals surface area contributed by atoms with Gasteiger partial charge < -0.3 is 19.9 Å². The van der Waals surface area contributed by atoms with E-state index >= 15 is 0 Å². The molecule has 134 valence electrons. The molecule has 6 heteroatoms. The van der Waals surface area contributed by atoms with Crippen molar-refractivity contribution in [3.05, 3.63) is 35.5 Å². The van der Waals surface area contributed by atoms with E-state index in [1.165, 1.54) is 11.9 Å². The van der Waals surface area contributed by atoms with Crippen LogP contribution in [0, 0.1) is 18.3 Å². The lowest BCUT2D eigenvalue weighted by Crippen LogP contribution is -2.41. The zero-order chi connectivity index (χ0) is 18.2. The van der Waals surface area contributed by atoms with Crippen LogP contribution in [-0.2, 0) is 9.53 Å². The normalized spacial score (nSPS) is 14.8. The van der Waals surface area contributed by atoms with E-state index in [0.29, 0.717) is 26.3 Å². The molecule has 0 unspecified atom stereocenters. The molecule has 1 aliphatic heterocycles. The Kier molecular flexibility index (Phi) is 6.84. The summed E-state index contributed by atoms with van der Waals surface area (Å²) in [5.74, 6) is -0.254. The van der Waals surface area contributed by atoms with Crippen LogP contribution in [0.2, 0.25) is 0 Å². The Morgan fingerprint density at radius 1 is 1.36 bits per heavy atom. The number of carbonyl (C=O) groups is 1. The van der Waals surface area contributed by atoms with Gasteiger partial charge in [0.05, 0.1) is 13.2 Å².